The van der Waals surface area contributed by atoms with Crippen LogP contribution in [0.1, 0.15) is 57.8 Å². The molecule has 8 nitrogen and oxygen atoms in total. The lowest BCUT2D eigenvalue weighted by Gasteiger charge is -2.28. The number of rotatable bonds is 10. The van der Waals surface area contributed by atoms with Gasteiger partial charge in [0.05, 0.1) is 17.6 Å². The molecule has 3 amide bonds. The van der Waals surface area contributed by atoms with Gasteiger partial charge in [0, 0.05) is 12.1 Å². The van der Waals surface area contributed by atoms with Crippen molar-refractivity contribution < 1.29 is 19.5 Å². The second-order valence-electron chi connectivity index (χ2n) is 7.55. The van der Waals surface area contributed by atoms with Gasteiger partial charge < -0.3 is 26.5 Å². The number of para-hydroxylation sites is 1. The molecule has 0 saturated carbocycles. The Hall–Kier alpha value is -2.90. The number of carbonyl (C=O) groups excluding carboxylic acids is 3. The molecule has 1 rings (SSSR count). The minimum absolute atomic E-state index is 0.0881. The van der Waals surface area contributed by atoms with Gasteiger partial charge in [0.2, 0.25) is 11.8 Å². The summed E-state index contributed by atoms with van der Waals surface area (Å²) in [7, 11) is 0. The highest BCUT2D eigenvalue weighted by molar-refractivity contribution is 6.00. The van der Waals surface area contributed by atoms with E-state index < -0.39 is 24.0 Å². The Balaban J connectivity index is 2.89. The largest absolute Gasteiger partial charge is 0.507 e. The van der Waals surface area contributed by atoms with Gasteiger partial charge in [0.15, 0.2) is 0 Å². The standard InChI is InChI=1S/C21H32N4O4/c1-6-18(27)24-16(11-12(2)3)21(29)23-14(5)19(13(4)22)25-20(28)15-9-7-8-10-17(15)26/h7-10,12,14,16,19,22,26H,6,11H2,1-5H3,(H,23,29)(H,24,27)(H,25,28). The Labute approximate surface area is 172 Å². The molecule has 0 heterocycles. The van der Waals surface area contributed by atoms with Crippen molar-refractivity contribution in [3.63, 3.8) is 0 Å². The van der Waals surface area contributed by atoms with Crippen LogP contribution in [-0.2, 0) is 9.59 Å². The summed E-state index contributed by atoms with van der Waals surface area (Å²) in [4.78, 5) is 37.0. The van der Waals surface area contributed by atoms with Crippen LogP contribution in [0.2, 0.25) is 0 Å². The first-order chi connectivity index (χ1) is 13.6. The van der Waals surface area contributed by atoms with Gasteiger partial charge in [0.25, 0.3) is 5.91 Å². The highest BCUT2D eigenvalue weighted by atomic mass is 16.3. The van der Waals surface area contributed by atoms with Crippen LogP contribution >= 0.6 is 0 Å². The molecule has 0 radical (unpaired) electrons. The van der Waals surface area contributed by atoms with Gasteiger partial charge >= 0.3 is 0 Å². The quantitative estimate of drug-likeness (QED) is 0.382. The molecule has 5 N–H and O–H groups in total. The summed E-state index contributed by atoms with van der Waals surface area (Å²) in [5.74, 6) is -1.09. The van der Waals surface area contributed by atoms with Crippen LogP contribution in [0.25, 0.3) is 0 Å². The van der Waals surface area contributed by atoms with E-state index in [2.05, 4.69) is 16.0 Å². The summed E-state index contributed by atoms with van der Waals surface area (Å²) in [5, 5.41) is 26.1. The van der Waals surface area contributed by atoms with E-state index >= 15 is 0 Å². The molecule has 0 bridgehead atoms. The summed E-state index contributed by atoms with van der Waals surface area (Å²) in [6, 6.07) is 4.05. The second kappa shape index (κ2) is 11.2. The van der Waals surface area contributed by atoms with E-state index in [1.807, 2.05) is 13.8 Å². The minimum Gasteiger partial charge on any atom is -0.507 e. The summed E-state index contributed by atoms with van der Waals surface area (Å²) in [6.45, 7) is 8.84. The highest BCUT2D eigenvalue weighted by Crippen LogP contribution is 2.15. The fourth-order valence-electron chi connectivity index (χ4n) is 2.90. The number of aromatic hydroxyl groups is 1. The molecule has 0 spiro atoms. The van der Waals surface area contributed by atoms with Gasteiger partial charge in [-0.3, -0.25) is 14.4 Å². The van der Waals surface area contributed by atoms with Gasteiger partial charge in [-0.05, 0) is 38.3 Å². The number of benzene rings is 1. The summed E-state index contributed by atoms with van der Waals surface area (Å²) >= 11 is 0. The maximum atomic E-state index is 12.7. The van der Waals surface area contributed by atoms with Crippen LogP contribution in [0.15, 0.2) is 24.3 Å². The fourth-order valence-corrected chi connectivity index (χ4v) is 2.90. The van der Waals surface area contributed by atoms with Crippen molar-refractivity contribution in [1.82, 2.24) is 16.0 Å². The molecule has 0 aliphatic rings. The molecule has 160 valence electrons. The van der Waals surface area contributed by atoms with Crippen molar-refractivity contribution in [3.05, 3.63) is 29.8 Å². The lowest BCUT2D eigenvalue weighted by atomic mass is 10.0. The average Bonchev–Trinajstić information content (AvgIpc) is 2.64. The minimum atomic E-state index is -0.771. The smallest absolute Gasteiger partial charge is 0.255 e. The van der Waals surface area contributed by atoms with Crippen LogP contribution in [0.4, 0.5) is 0 Å². The SMILES string of the molecule is CCC(=O)NC(CC(C)C)C(=O)NC(C)C(NC(=O)c1ccccc1O)C(C)=N. The first kappa shape index (κ1) is 24.1. The predicted molar refractivity (Wildman–Crippen MR) is 112 cm³/mol. The lowest BCUT2D eigenvalue weighted by molar-refractivity contribution is -0.129. The molecule has 0 fully saturated rings. The Kier molecular flexibility index (Phi) is 9.31. The monoisotopic (exact) mass is 404 g/mol. The summed E-state index contributed by atoms with van der Waals surface area (Å²) in [6.07, 6.45) is 0.749. The second-order valence-corrected chi connectivity index (χ2v) is 7.55. The molecule has 3 unspecified atom stereocenters. The first-order valence-corrected chi connectivity index (χ1v) is 9.80. The van der Waals surface area contributed by atoms with E-state index in [-0.39, 0.29) is 41.2 Å². The molecule has 0 aromatic heterocycles. The number of amides is 3. The Bertz CT molecular complexity index is 748. The Morgan fingerprint density at radius 2 is 1.69 bits per heavy atom. The zero-order chi connectivity index (χ0) is 22.1. The van der Waals surface area contributed by atoms with Gasteiger partial charge in [-0.15, -0.1) is 0 Å². The van der Waals surface area contributed by atoms with Gasteiger partial charge in [-0.1, -0.05) is 32.9 Å². The van der Waals surface area contributed by atoms with Crippen LogP contribution in [0.5, 0.6) is 5.75 Å². The predicted octanol–water partition coefficient (Wildman–Crippen LogP) is 1.98. The number of hydrogen-bond acceptors (Lipinski definition) is 5. The number of hydrogen-bond donors (Lipinski definition) is 5. The maximum absolute atomic E-state index is 12.7. The van der Waals surface area contributed by atoms with E-state index in [0.717, 1.165) is 0 Å². The molecule has 0 saturated heterocycles. The van der Waals surface area contributed by atoms with Crippen molar-refractivity contribution in [2.75, 3.05) is 0 Å². The lowest BCUT2D eigenvalue weighted by Crippen LogP contribution is -2.57. The van der Waals surface area contributed by atoms with Crippen molar-refractivity contribution in [3.8, 4) is 5.75 Å². The Morgan fingerprint density at radius 1 is 1.07 bits per heavy atom. The van der Waals surface area contributed by atoms with Crippen LogP contribution in [-0.4, -0.2) is 46.7 Å². The van der Waals surface area contributed by atoms with E-state index in [1.54, 1.807) is 26.0 Å². The molecule has 8 heteroatoms. The highest BCUT2D eigenvalue weighted by Gasteiger charge is 2.28. The third kappa shape index (κ3) is 7.56. The molecule has 1 aromatic rings. The first-order valence-electron chi connectivity index (χ1n) is 9.80. The van der Waals surface area contributed by atoms with Crippen molar-refractivity contribution in [2.45, 2.75) is 65.6 Å². The molecular weight excluding hydrogens is 372 g/mol. The molecule has 0 aliphatic heterocycles. The van der Waals surface area contributed by atoms with Crippen LogP contribution in [0.3, 0.4) is 0 Å². The van der Waals surface area contributed by atoms with E-state index in [4.69, 9.17) is 5.41 Å². The molecule has 29 heavy (non-hydrogen) atoms. The number of carbonyl (C=O) groups is 3. The average molecular weight is 405 g/mol. The zero-order valence-corrected chi connectivity index (χ0v) is 17.7. The number of phenols is 1. The Morgan fingerprint density at radius 3 is 2.21 bits per heavy atom. The van der Waals surface area contributed by atoms with Crippen molar-refractivity contribution in [1.29, 1.82) is 5.41 Å². The summed E-state index contributed by atoms with van der Waals surface area (Å²) in [5.41, 5.74) is 0.241. The molecule has 3 atom stereocenters. The molecular formula is C21H32N4O4. The summed E-state index contributed by atoms with van der Waals surface area (Å²) < 4.78 is 0. The van der Waals surface area contributed by atoms with Crippen LogP contribution < -0.4 is 16.0 Å². The fraction of sp³-hybridized carbons (Fsp3) is 0.524. The van der Waals surface area contributed by atoms with Gasteiger partial charge in [0.1, 0.15) is 11.8 Å². The third-order valence-electron chi connectivity index (χ3n) is 4.45. The van der Waals surface area contributed by atoms with Crippen molar-refractivity contribution in [2.24, 2.45) is 5.92 Å². The number of nitrogens with one attached hydrogen (secondary N) is 4. The number of phenolic OH excluding ortho intramolecular Hbond substituents is 1. The van der Waals surface area contributed by atoms with E-state index in [1.165, 1.54) is 19.1 Å². The topological polar surface area (TPSA) is 131 Å². The van der Waals surface area contributed by atoms with Crippen LogP contribution in [0, 0.1) is 11.3 Å². The van der Waals surface area contributed by atoms with E-state index in [0.29, 0.717) is 6.42 Å². The van der Waals surface area contributed by atoms with Gasteiger partial charge in [-0.25, -0.2) is 0 Å². The van der Waals surface area contributed by atoms with E-state index in [9.17, 15) is 19.5 Å². The molecule has 1 aromatic carbocycles. The third-order valence-corrected chi connectivity index (χ3v) is 4.45. The van der Waals surface area contributed by atoms with Gasteiger partial charge in [-0.2, -0.15) is 0 Å². The maximum Gasteiger partial charge on any atom is 0.255 e. The molecule has 0 aliphatic carbocycles. The normalized spacial score (nSPS) is 13.9. The van der Waals surface area contributed by atoms with Crippen molar-refractivity contribution >= 4 is 23.4 Å². The zero-order valence-electron chi connectivity index (χ0n) is 17.7.